The van der Waals surface area contributed by atoms with E-state index in [1.165, 1.54) is 128 Å². The summed E-state index contributed by atoms with van der Waals surface area (Å²) in [6.45, 7) is 14.0. The molecule has 0 aromatic rings. The molecule has 19 heteroatoms. The lowest BCUT2D eigenvalue weighted by Crippen LogP contribution is -2.30. The first-order valence-corrected chi connectivity index (χ1v) is 38.7. The Kier molecular flexibility index (Phi) is 57.6. The van der Waals surface area contributed by atoms with Crippen LogP contribution in [0.25, 0.3) is 0 Å². The number of rotatable bonds is 66. The number of carbonyl (C=O) groups excluding carboxylic acids is 4. The van der Waals surface area contributed by atoms with E-state index < -0.39 is 97.5 Å². The van der Waals surface area contributed by atoms with E-state index in [-0.39, 0.29) is 25.7 Å². The lowest BCUT2D eigenvalue weighted by atomic mass is 10.00. The molecule has 0 rings (SSSR count). The van der Waals surface area contributed by atoms with Crippen molar-refractivity contribution in [2.45, 2.75) is 356 Å². The molecule has 3 N–H and O–H groups in total. The van der Waals surface area contributed by atoms with Crippen molar-refractivity contribution < 1.29 is 80.2 Å². The van der Waals surface area contributed by atoms with E-state index in [2.05, 4.69) is 55.4 Å². The zero-order valence-electron chi connectivity index (χ0n) is 57.3. The minimum Gasteiger partial charge on any atom is -0.462 e. The van der Waals surface area contributed by atoms with Gasteiger partial charge in [0.05, 0.1) is 26.4 Å². The van der Waals surface area contributed by atoms with Gasteiger partial charge in [-0.05, 0) is 49.4 Å². The van der Waals surface area contributed by atoms with E-state index >= 15 is 0 Å². The first-order valence-electron chi connectivity index (χ1n) is 35.7. The second-order valence-electron chi connectivity index (χ2n) is 26.6. The number of aliphatic hydroxyl groups excluding tert-OH is 1. The molecule has 0 aromatic heterocycles. The smallest absolute Gasteiger partial charge is 0.462 e. The molecule has 88 heavy (non-hydrogen) atoms. The number of carbonyl (C=O) groups is 4. The summed E-state index contributed by atoms with van der Waals surface area (Å²) in [5.41, 5.74) is 0. The van der Waals surface area contributed by atoms with E-state index in [0.717, 1.165) is 115 Å². The molecule has 17 nitrogen and oxygen atoms in total. The number of phosphoric ester groups is 2. The Morgan fingerprint density at radius 2 is 0.545 bits per heavy atom. The van der Waals surface area contributed by atoms with Crippen LogP contribution in [-0.4, -0.2) is 96.7 Å². The van der Waals surface area contributed by atoms with Gasteiger partial charge in [-0.3, -0.25) is 37.3 Å². The number of phosphoric acid groups is 2. The molecule has 0 heterocycles. The fraction of sp³-hybridized carbons (Fsp3) is 0.942. The predicted molar refractivity (Wildman–Crippen MR) is 354 cm³/mol. The highest BCUT2D eigenvalue weighted by atomic mass is 31.2. The molecule has 0 radical (unpaired) electrons. The summed E-state index contributed by atoms with van der Waals surface area (Å²) in [6, 6.07) is 0. The number of aliphatic hydroxyl groups is 1. The Hall–Kier alpha value is -1.94. The van der Waals surface area contributed by atoms with Gasteiger partial charge in [-0.2, -0.15) is 0 Å². The fourth-order valence-corrected chi connectivity index (χ4v) is 11.9. The van der Waals surface area contributed by atoms with Crippen molar-refractivity contribution in [3.63, 3.8) is 0 Å². The standard InChI is InChI=1S/C69H134O17P2/c1-9-62(8)48-40-32-27-28-34-42-50-67(72)80-56-65(85-68(73)51-43-35-24-18-16-14-12-10-11-13-15-17-21-29-37-45-59(2)3)58-84-88(77,78)82-54-63(70)53-81-87(75,76)83-57-64(86-69(74)52-44-36-26-20-23-31-39-47-61(6)7)55-79-66(71)49-41-33-25-19-22-30-38-46-60(4)5/h59-65,70H,9-58H2,1-8H3,(H,75,76)(H,77,78)/t62?,63?,64-,65-/m1/s1. The van der Waals surface area contributed by atoms with Gasteiger partial charge in [0.2, 0.25) is 0 Å². The molecule has 0 aliphatic rings. The maximum Gasteiger partial charge on any atom is 0.472 e. The van der Waals surface area contributed by atoms with E-state index in [0.29, 0.717) is 37.5 Å². The van der Waals surface area contributed by atoms with Gasteiger partial charge < -0.3 is 33.8 Å². The van der Waals surface area contributed by atoms with Crippen LogP contribution in [0.1, 0.15) is 338 Å². The number of hydrogen-bond donors (Lipinski definition) is 3. The first-order chi connectivity index (χ1) is 42.1. The third-order valence-corrected chi connectivity index (χ3v) is 18.1. The monoisotopic (exact) mass is 1300 g/mol. The van der Waals surface area contributed by atoms with Crippen LogP contribution in [0.3, 0.4) is 0 Å². The molecule has 522 valence electrons. The molecule has 0 spiro atoms. The fourth-order valence-electron chi connectivity index (χ4n) is 10.3. The average Bonchev–Trinajstić information content (AvgIpc) is 3.70. The van der Waals surface area contributed by atoms with Crippen LogP contribution in [0.4, 0.5) is 0 Å². The number of ether oxygens (including phenoxy) is 4. The molecule has 4 unspecified atom stereocenters. The molecule has 0 saturated heterocycles. The predicted octanol–water partition coefficient (Wildman–Crippen LogP) is 19.3. The molecular weight excluding hydrogens is 1160 g/mol. The molecule has 0 amide bonds. The Bertz CT molecular complexity index is 1750. The Balaban J connectivity index is 5.21. The Labute approximate surface area is 537 Å². The average molecular weight is 1300 g/mol. The van der Waals surface area contributed by atoms with Crippen LogP contribution in [-0.2, 0) is 65.4 Å². The summed E-state index contributed by atoms with van der Waals surface area (Å²) in [7, 11) is -9.90. The largest absolute Gasteiger partial charge is 0.472 e. The number of unbranched alkanes of at least 4 members (excludes halogenated alkanes) is 31. The number of esters is 4. The summed E-state index contributed by atoms with van der Waals surface area (Å²) >= 11 is 0. The van der Waals surface area contributed by atoms with Crippen LogP contribution >= 0.6 is 15.6 Å². The Morgan fingerprint density at radius 3 is 0.807 bits per heavy atom. The highest BCUT2D eigenvalue weighted by Crippen LogP contribution is 2.45. The summed E-state index contributed by atoms with van der Waals surface area (Å²) in [4.78, 5) is 72.4. The molecule has 0 aliphatic heterocycles. The van der Waals surface area contributed by atoms with Crippen molar-refractivity contribution in [2.75, 3.05) is 39.6 Å². The normalized spacial score (nSPS) is 14.6. The zero-order valence-corrected chi connectivity index (χ0v) is 59.1. The highest BCUT2D eigenvalue weighted by Gasteiger charge is 2.30. The van der Waals surface area contributed by atoms with Crippen molar-refractivity contribution in [3.05, 3.63) is 0 Å². The third kappa shape index (κ3) is 61.6. The maximum atomic E-state index is 13.0. The Morgan fingerprint density at radius 1 is 0.318 bits per heavy atom. The van der Waals surface area contributed by atoms with Gasteiger partial charge in [0.25, 0.3) is 0 Å². The lowest BCUT2D eigenvalue weighted by molar-refractivity contribution is -0.161. The van der Waals surface area contributed by atoms with Gasteiger partial charge in [-0.25, -0.2) is 9.13 Å². The van der Waals surface area contributed by atoms with Crippen LogP contribution in [0, 0.1) is 23.7 Å². The van der Waals surface area contributed by atoms with Crippen molar-refractivity contribution in [1.29, 1.82) is 0 Å². The SMILES string of the molecule is CCC(C)CCCCCCCCC(=O)OC[C@H](COP(=O)(O)OCC(O)COP(=O)(O)OC[C@@H](COC(=O)CCCCCCCCCC(C)C)OC(=O)CCCCCCCCCC(C)C)OC(=O)CCCCCCCCCCCCCCCCCC(C)C. The van der Waals surface area contributed by atoms with Crippen LogP contribution < -0.4 is 0 Å². The van der Waals surface area contributed by atoms with Crippen molar-refractivity contribution in [2.24, 2.45) is 23.7 Å². The first kappa shape index (κ1) is 86.1. The molecule has 0 aliphatic carbocycles. The van der Waals surface area contributed by atoms with Gasteiger partial charge >= 0.3 is 39.5 Å². The third-order valence-electron chi connectivity index (χ3n) is 16.2. The van der Waals surface area contributed by atoms with Crippen LogP contribution in [0.2, 0.25) is 0 Å². The van der Waals surface area contributed by atoms with E-state index in [4.69, 9.17) is 37.0 Å². The maximum absolute atomic E-state index is 13.0. The van der Waals surface area contributed by atoms with E-state index in [1.807, 2.05) is 0 Å². The lowest BCUT2D eigenvalue weighted by Gasteiger charge is -2.21. The minimum absolute atomic E-state index is 0.102. The van der Waals surface area contributed by atoms with Crippen molar-refractivity contribution in [3.8, 4) is 0 Å². The van der Waals surface area contributed by atoms with Crippen molar-refractivity contribution in [1.82, 2.24) is 0 Å². The number of hydrogen-bond acceptors (Lipinski definition) is 15. The van der Waals surface area contributed by atoms with Crippen LogP contribution in [0.15, 0.2) is 0 Å². The summed E-state index contributed by atoms with van der Waals surface area (Å²) in [6.07, 6.45) is 40.6. The molecule has 0 fully saturated rings. The molecule has 6 atom stereocenters. The van der Waals surface area contributed by atoms with Gasteiger partial charge in [-0.1, -0.05) is 287 Å². The summed E-state index contributed by atoms with van der Waals surface area (Å²) < 4.78 is 68.2. The van der Waals surface area contributed by atoms with Crippen molar-refractivity contribution >= 4 is 39.5 Å². The zero-order chi connectivity index (χ0) is 65.4. The van der Waals surface area contributed by atoms with Gasteiger partial charge in [0.1, 0.15) is 19.3 Å². The quantitative estimate of drug-likeness (QED) is 0.0222. The van der Waals surface area contributed by atoms with Gasteiger partial charge in [-0.15, -0.1) is 0 Å². The second-order valence-corrected chi connectivity index (χ2v) is 29.5. The molecule has 0 bridgehead atoms. The van der Waals surface area contributed by atoms with E-state index in [1.54, 1.807) is 0 Å². The molecular formula is C69H134O17P2. The highest BCUT2D eigenvalue weighted by molar-refractivity contribution is 7.47. The topological polar surface area (TPSA) is 237 Å². The van der Waals surface area contributed by atoms with E-state index in [9.17, 15) is 43.2 Å². The minimum atomic E-state index is -4.95. The summed E-state index contributed by atoms with van der Waals surface area (Å²) in [5, 5.41) is 10.6. The second kappa shape index (κ2) is 58.8. The van der Waals surface area contributed by atoms with Gasteiger partial charge in [0, 0.05) is 25.7 Å². The van der Waals surface area contributed by atoms with Gasteiger partial charge in [0.15, 0.2) is 12.2 Å². The van der Waals surface area contributed by atoms with Crippen LogP contribution in [0.5, 0.6) is 0 Å². The molecule has 0 saturated carbocycles. The summed E-state index contributed by atoms with van der Waals surface area (Å²) in [5.74, 6) is 0.799. The molecule has 0 aromatic carbocycles.